The van der Waals surface area contributed by atoms with Crippen molar-refractivity contribution in [3.63, 3.8) is 0 Å². The van der Waals surface area contributed by atoms with Crippen LogP contribution < -0.4 is 9.47 Å². The van der Waals surface area contributed by atoms with E-state index < -0.39 is 11.6 Å². The van der Waals surface area contributed by atoms with Crippen molar-refractivity contribution in [1.82, 2.24) is 4.90 Å². The number of nitrogens with zero attached hydrogens (tertiary/aromatic N) is 1. The number of ether oxygens (including phenoxy) is 2. The zero-order valence-corrected chi connectivity index (χ0v) is 14.6. The maximum Gasteiger partial charge on any atom is 0.234 e. The molecule has 0 aliphatic carbocycles. The topological polar surface area (TPSA) is 38.8 Å². The van der Waals surface area contributed by atoms with Crippen molar-refractivity contribution in [3.05, 3.63) is 59.2 Å². The predicted octanol–water partition coefficient (Wildman–Crippen LogP) is 3.76. The summed E-state index contributed by atoms with van der Waals surface area (Å²) in [4.78, 5) is 14.0. The SMILES string of the molecule is COc1cccc(OC)c1C1SCC(=O)N1Cc1cc(F)cc(F)c1. The lowest BCUT2D eigenvalue weighted by molar-refractivity contribution is -0.128. The molecule has 1 atom stereocenters. The molecule has 0 spiro atoms. The monoisotopic (exact) mass is 365 g/mol. The Bertz CT molecular complexity index is 757. The van der Waals surface area contributed by atoms with Crippen LogP contribution in [0, 0.1) is 11.6 Å². The van der Waals surface area contributed by atoms with Gasteiger partial charge in [0.2, 0.25) is 5.91 Å². The fraction of sp³-hybridized carbons (Fsp3) is 0.278. The van der Waals surface area contributed by atoms with Gasteiger partial charge in [-0.2, -0.15) is 0 Å². The Hall–Kier alpha value is -2.28. The third-order valence-corrected chi connectivity index (χ3v) is 5.18. The fourth-order valence-corrected chi connectivity index (χ4v) is 4.12. The molecular formula is C18H17F2NO3S. The smallest absolute Gasteiger partial charge is 0.234 e. The highest BCUT2D eigenvalue weighted by Gasteiger charge is 2.36. The molecule has 0 bridgehead atoms. The van der Waals surface area contributed by atoms with Gasteiger partial charge in [-0.1, -0.05) is 6.07 Å². The van der Waals surface area contributed by atoms with E-state index in [1.54, 1.807) is 37.3 Å². The minimum absolute atomic E-state index is 0.104. The summed E-state index contributed by atoms with van der Waals surface area (Å²) < 4.78 is 37.8. The van der Waals surface area contributed by atoms with Gasteiger partial charge in [0, 0.05) is 12.6 Å². The van der Waals surface area contributed by atoms with Crippen LogP contribution in [0.25, 0.3) is 0 Å². The molecule has 0 saturated carbocycles. The van der Waals surface area contributed by atoms with Crippen LogP contribution >= 0.6 is 11.8 Å². The van der Waals surface area contributed by atoms with E-state index in [0.717, 1.165) is 11.6 Å². The van der Waals surface area contributed by atoms with Crippen LogP contribution in [0.5, 0.6) is 11.5 Å². The van der Waals surface area contributed by atoms with E-state index in [-0.39, 0.29) is 23.6 Å². The quantitative estimate of drug-likeness (QED) is 0.809. The number of thioether (sulfide) groups is 1. The number of halogens is 2. The first-order chi connectivity index (χ1) is 12.0. The summed E-state index contributed by atoms with van der Waals surface area (Å²) in [5, 5.41) is -0.357. The minimum atomic E-state index is -0.666. The Morgan fingerprint density at radius 1 is 1.12 bits per heavy atom. The largest absolute Gasteiger partial charge is 0.496 e. The third-order valence-electron chi connectivity index (χ3n) is 3.96. The van der Waals surface area contributed by atoms with E-state index in [1.807, 2.05) is 0 Å². The summed E-state index contributed by atoms with van der Waals surface area (Å²) in [6.45, 7) is 0.104. The summed E-state index contributed by atoms with van der Waals surface area (Å²) in [6.07, 6.45) is 0. The number of hydrogen-bond acceptors (Lipinski definition) is 4. The van der Waals surface area contributed by atoms with E-state index in [4.69, 9.17) is 9.47 Å². The number of benzene rings is 2. The van der Waals surface area contributed by atoms with Crippen LogP contribution in [0.3, 0.4) is 0 Å². The molecule has 1 saturated heterocycles. The number of amides is 1. The molecule has 0 N–H and O–H groups in total. The van der Waals surface area contributed by atoms with Gasteiger partial charge in [-0.25, -0.2) is 8.78 Å². The molecule has 7 heteroatoms. The van der Waals surface area contributed by atoms with Crippen molar-refractivity contribution >= 4 is 17.7 Å². The number of rotatable bonds is 5. The first kappa shape index (κ1) is 17.5. The second-order valence-electron chi connectivity index (χ2n) is 5.54. The van der Waals surface area contributed by atoms with Crippen molar-refractivity contribution in [2.24, 2.45) is 0 Å². The van der Waals surface area contributed by atoms with Gasteiger partial charge in [-0.15, -0.1) is 11.8 Å². The van der Waals surface area contributed by atoms with Crippen LogP contribution in [-0.4, -0.2) is 30.8 Å². The Morgan fingerprint density at radius 3 is 2.28 bits per heavy atom. The molecule has 1 aliphatic heterocycles. The molecule has 132 valence electrons. The standard InChI is InChI=1S/C18H17F2NO3S/c1-23-14-4-3-5-15(24-2)17(14)18-21(16(22)10-25-18)9-11-6-12(19)8-13(20)7-11/h3-8,18H,9-10H2,1-2H3. The van der Waals surface area contributed by atoms with Crippen LogP contribution in [0.15, 0.2) is 36.4 Å². The Labute approximate surface area is 148 Å². The van der Waals surface area contributed by atoms with E-state index in [0.29, 0.717) is 17.1 Å². The molecule has 25 heavy (non-hydrogen) atoms. The molecular weight excluding hydrogens is 348 g/mol. The number of methoxy groups -OCH3 is 2. The van der Waals surface area contributed by atoms with Crippen LogP contribution in [0.1, 0.15) is 16.5 Å². The minimum Gasteiger partial charge on any atom is -0.496 e. The zero-order chi connectivity index (χ0) is 18.0. The maximum absolute atomic E-state index is 13.5. The summed E-state index contributed by atoms with van der Waals surface area (Å²) in [6, 6.07) is 8.66. The lowest BCUT2D eigenvalue weighted by atomic mass is 10.1. The second-order valence-corrected chi connectivity index (χ2v) is 6.61. The van der Waals surface area contributed by atoms with Gasteiger partial charge >= 0.3 is 0 Å². The van der Waals surface area contributed by atoms with Gasteiger partial charge in [-0.3, -0.25) is 4.79 Å². The highest BCUT2D eigenvalue weighted by atomic mass is 32.2. The first-order valence-corrected chi connectivity index (χ1v) is 8.65. The summed E-state index contributed by atoms with van der Waals surface area (Å²) in [5.74, 6) is 0.0435. The Kier molecular flexibility index (Phi) is 5.13. The summed E-state index contributed by atoms with van der Waals surface area (Å²) >= 11 is 1.43. The fourth-order valence-electron chi connectivity index (χ4n) is 2.89. The number of carbonyl (C=O) groups is 1. The van der Waals surface area contributed by atoms with E-state index >= 15 is 0 Å². The number of hydrogen-bond donors (Lipinski definition) is 0. The molecule has 1 fully saturated rings. The van der Waals surface area contributed by atoms with E-state index in [1.165, 1.54) is 23.9 Å². The average Bonchev–Trinajstić information content (AvgIpc) is 2.93. The van der Waals surface area contributed by atoms with Gasteiger partial charge in [0.05, 0.1) is 25.5 Å². The molecule has 1 aliphatic rings. The molecule has 1 heterocycles. The van der Waals surface area contributed by atoms with Crippen LogP contribution in [0.4, 0.5) is 8.78 Å². The highest BCUT2D eigenvalue weighted by Crippen LogP contribution is 2.47. The molecule has 1 unspecified atom stereocenters. The van der Waals surface area contributed by atoms with Crippen molar-refractivity contribution in [3.8, 4) is 11.5 Å². The maximum atomic E-state index is 13.5. The van der Waals surface area contributed by atoms with Crippen LogP contribution in [-0.2, 0) is 11.3 Å². The molecule has 3 rings (SSSR count). The predicted molar refractivity (Wildman–Crippen MR) is 91.7 cm³/mol. The Morgan fingerprint density at radius 2 is 1.72 bits per heavy atom. The summed E-state index contributed by atoms with van der Waals surface area (Å²) in [5.41, 5.74) is 1.13. The van der Waals surface area contributed by atoms with E-state index in [9.17, 15) is 13.6 Å². The average molecular weight is 365 g/mol. The van der Waals surface area contributed by atoms with Crippen molar-refractivity contribution in [1.29, 1.82) is 0 Å². The number of carbonyl (C=O) groups excluding carboxylic acids is 1. The van der Waals surface area contributed by atoms with Gasteiger partial charge in [0.15, 0.2) is 0 Å². The second kappa shape index (κ2) is 7.31. The molecule has 4 nitrogen and oxygen atoms in total. The molecule has 2 aromatic rings. The van der Waals surface area contributed by atoms with Gasteiger partial charge in [0.1, 0.15) is 28.5 Å². The van der Waals surface area contributed by atoms with Gasteiger partial charge in [0.25, 0.3) is 0 Å². The van der Waals surface area contributed by atoms with Gasteiger partial charge in [-0.05, 0) is 29.8 Å². The Balaban J connectivity index is 1.98. The highest BCUT2D eigenvalue weighted by molar-refractivity contribution is 8.00. The van der Waals surface area contributed by atoms with Crippen molar-refractivity contribution in [2.75, 3.05) is 20.0 Å². The molecule has 0 aromatic heterocycles. The zero-order valence-electron chi connectivity index (χ0n) is 13.8. The van der Waals surface area contributed by atoms with Crippen LogP contribution in [0.2, 0.25) is 0 Å². The summed E-state index contributed by atoms with van der Waals surface area (Å²) in [7, 11) is 3.10. The lowest BCUT2D eigenvalue weighted by Crippen LogP contribution is -2.28. The van der Waals surface area contributed by atoms with Crippen molar-refractivity contribution < 1.29 is 23.0 Å². The van der Waals surface area contributed by atoms with Crippen molar-refractivity contribution in [2.45, 2.75) is 11.9 Å². The molecule has 0 radical (unpaired) electrons. The molecule has 1 amide bonds. The molecule has 2 aromatic carbocycles. The van der Waals surface area contributed by atoms with E-state index in [2.05, 4.69) is 0 Å². The normalized spacial score (nSPS) is 17.0. The first-order valence-electron chi connectivity index (χ1n) is 7.60. The van der Waals surface area contributed by atoms with Gasteiger partial charge < -0.3 is 14.4 Å². The lowest BCUT2D eigenvalue weighted by Gasteiger charge is -2.27. The third kappa shape index (κ3) is 3.56.